The number of halogens is 1. The maximum atomic E-state index is 5.95. The van der Waals surface area contributed by atoms with Crippen molar-refractivity contribution >= 4 is 39.4 Å². The summed E-state index contributed by atoms with van der Waals surface area (Å²) in [6, 6.07) is 10.2. The highest BCUT2D eigenvalue weighted by atomic mass is 79.9. The summed E-state index contributed by atoms with van der Waals surface area (Å²) < 4.78 is 17.7. The van der Waals surface area contributed by atoms with Crippen LogP contribution in [0.4, 0.5) is 17.3 Å². The Morgan fingerprint density at radius 3 is 2.15 bits per heavy atom. The minimum absolute atomic E-state index is 0.728. The molecule has 0 bridgehead atoms. The monoisotopic (exact) mass is 419 g/mol. The van der Waals surface area contributed by atoms with E-state index in [0.29, 0.717) is 0 Å². The van der Waals surface area contributed by atoms with Gasteiger partial charge in [0.25, 0.3) is 0 Å². The van der Waals surface area contributed by atoms with Crippen molar-refractivity contribution in [3.05, 3.63) is 40.6 Å². The number of furan rings is 1. The van der Waals surface area contributed by atoms with Gasteiger partial charge in [-0.3, -0.25) is 4.99 Å². The molecule has 1 aromatic carbocycles. The second kappa shape index (κ2) is 8.24. The quantitative estimate of drug-likeness (QED) is 0.710. The van der Waals surface area contributed by atoms with Gasteiger partial charge in [0.15, 0.2) is 0 Å². The highest BCUT2D eigenvalue weighted by Gasteiger charge is 2.18. The van der Waals surface area contributed by atoms with E-state index in [-0.39, 0.29) is 0 Å². The standard InChI is InChI=1S/C19H22BrN3O3/c20-18-13-17(26-19(18)23-7-11-25-12-8-23)14-21-15-1-3-16(4-2-15)22-5-9-24-10-6-22/h1-4,13-14H,5-12H2. The fourth-order valence-electron chi connectivity index (χ4n) is 3.13. The first kappa shape index (κ1) is 17.6. The number of nitrogens with zero attached hydrogens (tertiary/aromatic N) is 3. The third-order valence-corrected chi connectivity index (χ3v) is 5.12. The van der Waals surface area contributed by atoms with E-state index < -0.39 is 0 Å². The molecule has 4 rings (SSSR count). The zero-order valence-electron chi connectivity index (χ0n) is 14.6. The molecule has 0 saturated carbocycles. The summed E-state index contributed by atoms with van der Waals surface area (Å²) in [5.74, 6) is 1.58. The van der Waals surface area contributed by atoms with Crippen LogP contribution in [0, 0.1) is 0 Å². The Labute approximate surface area is 161 Å². The molecule has 2 aliphatic rings. The first-order valence-corrected chi connectivity index (χ1v) is 9.68. The topological polar surface area (TPSA) is 50.4 Å². The van der Waals surface area contributed by atoms with Crippen LogP contribution in [0.2, 0.25) is 0 Å². The van der Waals surface area contributed by atoms with Crippen LogP contribution in [-0.2, 0) is 9.47 Å². The lowest BCUT2D eigenvalue weighted by atomic mass is 10.2. The van der Waals surface area contributed by atoms with Gasteiger partial charge in [0, 0.05) is 37.9 Å². The fourth-order valence-corrected chi connectivity index (χ4v) is 3.69. The lowest BCUT2D eigenvalue weighted by Gasteiger charge is -2.28. The largest absolute Gasteiger partial charge is 0.438 e. The SMILES string of the molecule is Brc1cc(C=Nc2ccc(N3CCOCC3)cc2)oc1N1CCOCC1. The highest BCUT2D eigenvalue weighted by molar-refractivity contribution is 9.10. The average molecular weight is 420 g/mol. The molecule has 6 nitrogen and oxygen atoms in total. The third-order valence-electron chi connectivity index (χ3n) is 4.55. The normalized spacial score (nSPS) is 18.7. The Morgan fingerprint density at radius 1 is 0.885 bits per heavy atom. The Morgan fingerprint density at radius 2 is 1.50 bits per heavy atom. The average Bonchev–Trinajstić information content (AvgIpc) is 3.09. The third kappa shape index (κ3) is 4.11. The lowest BCUT2D eigenvalue weighted by molar-refractivity contribution is 0.120. The van der Waals surface area contributed by atoms with E-state index in [4.69, 9.17) is 13.9 Å². The molecular weight excluding hydrogens is 398 g/mol. The van der Waals surface area contributed by atoms with Gasteiger partial charge in [0.1, 0.15) is 5.76 Å². The van der Waals surface area contributed by atoms with Crippen LogP contribution < -0.4 is 9.80 Å². The summed E-state index contributed by atoms with van der Waals surface area (Å²) in [6.45, 7) is 6.59. The number of ether oxygens (including phenoxy) is 2. The van der Waals surface area contributed by atoms with Gasteiger partial charge in [-0.2, -0.15) is 0 Å². The molecule has 2 fully saturated rings. The van der Waals surface area contributed by atoms with Crippen molar-refractivity contribution in [2.75, 3.05) is 62.4 Å². The Bertz CT molecular complexity index is 748. The number of hydrogen-bond donors (Lipinski definition) is 0. The first-order chi connectivity index (χ1) is 12.8. The molecule has 0 atom stereocenters. The van der Waals surface area contributed by atoms with Crippen molar-refractivity contribution in [2.45, 2.75) is 0 Å². The first-order valence-electron chi connectivity index (χ1n) is 8.88. The number of benzene rings is 1. The molecule has 138 valence electrons. The minimum Gasteiger partial charge on any atom is -0.438 e. The molecule has 0 unspecified atom stereocenters. The van der Waals surface area contributed by atoms with Crippen LogP contribution in [0.1, 0.15) is 5.76 Å². The maximum Gasteiger partial charge on any atom is 0.210 e. The molecular formula is C19H22BrN3O3. The summed E-state index contributed by atoms with van der Waals surface area (Å²) in [5, 5.41) is 0. The van der Waals surface area contributed by atoms with Crippen LogP contribution in [0.5, 0.6) is 0 Å². The highest BCUT2D eigenvalue weighted by Crippen LogP contribution is 2.30. The van der Waals surface area contributed by atoms with E-state index in [9.17, 15) is 0 Å². The molecule has 0 amide bonds. The molecule has 7 heteroatoms. The molecule has 2 saturated heterocycles. The van der Waals surface area contributed by atoms with Gasteiger partial charge in [-0.15, -0.1) is 0 Å². The van der Waals surface area contributed by atoms with Gasteiger partial charge in [-0.1, -0.05) is 0 Å². The number of aliphatic imine (C=N–C) groups is 1. The van der Waals surface area contributed by atoms with Crippen molar-refractivity contribution in [1.82, 2.24) is 0 Å². The summed E-state index contributed by atoms with van der Waals surface area (Å²) in [6.07, 6.45) is 1.76. The van der Waals surface area contributed by atoms with E-state index >= 15 is 0 Å². The second-order valence-electron chi connectivity index (χ2n) is 6.28. The van der Waals surface area contributed by atoms with Gasteiger partial charge in [-0.25, -0.2) is 0 Å². The molecule has 1 aromatic heterocycles. The smallest absolute Gasteiger partial charge is 0.210 e. The van der Waals surface area contributed by atoms with Gasteiger partial charge >= 0.3 is 0 Å². The predicted molar refractivity (Wildman–Crippen MR) is 106 cm³/mol. The molecule has 0 N–H and O–H groups in total. The van der Waals surface area contributed by atoms with Gasteiger partial charge in [-0.05, 0) is 40.2 Å². The summed E-state index contributed by atoms with van der Waals surface area (Å²) >= 11 is 3.58. The van der Waals surface area contributed by atoms with Crippen LogP contribution >= 0.6 is 15.9 Å². The molecule has 0 spiro atoms. The van der Waals surface area contributed by atoms with Crippen molar-refractivity contribution in [3.8, 4) is 0 Å². The minimum atomic E-state index is 0.728. The number of rotatable bonds is 4. The number of hydrogen-bond acceptors (Lipinski definition) is 6. The van der Waals surface area contributed by atoms with Gasteiger partial charge in [0.05, 0.1) is 42.8 Å². The Balaban J connectivity index is 1.42. The van der Waals surface area contributed by atoms with Crippen molar-refractivity contribution in [1.29, 1.82) is 0 Å². The molecule has 0 aliphatic carbocycles. The van der Waals surface area contributed by atoms with Crippen LogP contribution in [0.25, 0.3) is 0 Å². The van der Waals surface area contributed by atoms with E-state index in [1.807, 2.05) is 18.2 Å². The maximum absolute atomic E-state index is 5.95. The van der Waals surface area contributed by atoms with Gasteiger partial charge in [0.2, 0.25) is 5.88 Å². The number of morpholine rings is 2. The molecule has 2 aliphatic heterocycles. The zero-order chi connectivity index (χ0) is 17.8. The van der Waals surface area contributed by atoms with Crippen LogP contribution in [0.15, 0.2) is 44.2 Å². The van der Waals surface area contributed by atoms with Crippen molar-refractivity contribution in [3.63, 3.8) is 0 Å². The van der Waals surface area contributed by atoms with E-state index in [1.54, 1.807) is 6.21 Å². The zero-order valence-corrected chi connectivity index (χ0v) is 16.2. The second-order valence-corrected chi connectivity index (χ2v) is 7.13. The summed E-state index contributed by atoms with van der Waals surface area (Å²) in [7, 11) is 0. The molecule has 26 heavy (non-hydrogen) atoms. The van der Waals surface area contributed by atoms with Crippen LogP contribution in [-0.4, -0.2) is 58.8 Å². The van der Waals surface area contributed by atoms with E-state index in [1.165, 1.54) is 5.69 Å². The fraction of sp³-hybridized carbons (Fsp3) is 0.421. The number of anilines is 2. The Kier molecular flexibility index (Phi) is 5.57. The van der Waals surface area contributed by atoms with E-state index in [0.717, 1.165) is 74.4 Å². The molecule has 3 heterocycles. The van der Waals surface area contributed by atoms with E-state index in [2.05, 4.69) is 42.9 Å². The Hall–Kier alpha value is -1.83. The molecule has 2 aromatic rings. The van der Waals surface area contributed by atoms with Crippen LogP contribution in [0.3, 0.4) is 0 Å². The van der Waals surface area contributed by atoms with Crippen molar-refractivity contribution in [2.24, 2.45) is 4.99 Å². The van der Waals surface area contributed by atoms with Gasteiger partial charge < -0.3 is 23.7 Å². The van der Waals surface area contributed by atoms with Crippen molar-refractivity contribution < 1.29 is 13.9 Å². The predicted octanol–water partition coefficient (Wildman–Crippen LogP) is 3.47. The lowest BCUT2D eigenvalue weighted by Crippen LogP contribution is -2.36. The molecule has 0 radical (unpaired) electrons. The summed E-state index contributed by atoms with van der Waals surface area (Å²) in [5.41, 5.74) is 2.12. The summed E-state index contributed by atoms with van der Waals surface area (Å²) in [4.78, 5) is 9.05.